The van der Waals surface area contributed by atoms with Crippen LogP contribution in [0.15, 0.2) is 53.3 Å². The number of hydrogen-bond donors (Lipinski definition) is 3. The van der Waals surface area contributed by atoms with E-state index in [1.165, 1.54) is 22.8 Å². The van der Waals surface area contributed by atoms with Gasteiger partial charge >= 0.3 is 0 Å². The smallest absolute Gasteiger partial charge is 0.283 e. The number of para-hydroxylation sites is 1. The highest BCUT2D eigenvalue weighted by Crippen LogP contribution is 2.23. The summed E-state index contributed by atoms with van der Waals surface area (Å²) in [5.74, 6) is -0.398. The van der Waals surface area contributed by atoms with Gasteiger partial charge in [-0.25, -0.2) is 4.98 Å². The van der Waals surface area contributed by atoms with Gasteiger partial charge in [0.05, 0.1) is 10.9 Å². The topological polar surface area (TPSA) is 117 Å². The molecule has 0 aliphatic rings. The van der Waals surface area contributed by atoms with Gasteiger partial charge in [0.1, 0.15) is 0 Å². The molecule has 0 atom stereocenters. The highest BCUT2D eigenvalue weighted by Gasteiger charge is 2.12. The van der Waals surface area contributed by atoms with Gasteiger partial charge in [-0.05, 0) is 30.3 Å². The number of anilines is 2. The highest BCUT2D eigenvalue weighted by molar-refractivity contribution is 7.20. The van der Waals surface area contributed by atoms with Crippen molar-refractivity contribution in [1.29, 1.82) is 0 Å². The van der Waals surface area contributed by atoms with Crippen molar-refractivity contribution in [3.8, 4) is 0 Å². The molecule has 152 valence electrons. The predicted molar refractivity (Wildman–Crippen MR) is 115 cm³/mol. The van der Waals surface area contributed by atoms with Gasteiger partial charge in [-0.1, -0.05) is 29.5 Å². The lowest BCUT2D eigenvalue weighted by Gasteiger charge is -2.07. The van der Waals surface area contributed by atoms with E-state index in [0.717, 1.165) is 0 Å². The Morgan fingerprint density at radius 1 is 1.07 bits per heavy atom. The number of carbonyl (C=O) groups excluding carboxylic acids is 2. The van der Waals surface area contributed by atoms with Gasteiger partial charge in [-0.15, -0.1) is 5.10 Å². The number of fused-ring (bicyclic) bond motifs is 2. The zero-order valence-electron chi connectivity index (χ0n) is 16.0. The first-order valence-electron chi connectivity index (χ1n) is 9.19. The van der Waals surface area contributed by atoms with Gasteiger partial charge in [0.2, 0.25) is 16.0 Å². The van der Waals surface area contributed by atoms with Gasteiger partial charge in [-0.2, -0.15) is 4.52 Å². The molecule has 0 spiro atoms. The van der Waals surface area contributed by atoms with Crippen LogP contribution in [0.1, 0.15) is 17.3 Å². The van der Waals surface area contributed by atoms with E-state index in [1.807, 2.05) is 6.07 Å². The minimum atomic E-state index is -0.252. The van der Waals surface area contributed by atoms with E-state index >= 15 is 0 Å². The number of aromatic nitrogens is 3. The average molecular weight is 422 g/mol. The molecule has 0 saturated heterocycles. The Morgan fingerprint density at radius 3 is 2.70 bits per heavy atom. The summed E-state index contributed by atoms with van der Waals surface area (Å²) in [6, 6.07) is 14.1. The molecule has 0 aliphatic carbocycles. The van der Waals surface area contributed by atoms with Gasteiger partial charge in [0.15, 0.2) is 0 Å². The van der Waals surface area contributed by atoms with Crippen molar-refractivity contribution in [1.82, 2.24) is 25.2 Å². The van der Waals surface area contributed by atoms with Crippen LogP contribution in [0.3, 0.4) is 0 Å². The normalized spacial score (nSPS) is 10.8. The second-order valence-corrected chi connectivity index (χ2v) is 7.44. The van der Waals surface area contributed by atoms with Crippen LogP contribution < -0.4 is 21.5 Å². The summed E-state index contributed by atoms with van der Waals surface area (Å²) in [6.07, 6.45) is 0. The quantitative estimate of drug-likeness (QED) is 0.409. The van der Waals surface area contributed by atoms with Crippen molar-refractivity contribution in [2.75, 3.05) is 18.4 Å². The Kier molecular flexibility index (Phi) is 5.40. The maximum atomic E-state index is 12.6. The standard InChI is InChI=1S/C20H18N6O3S/c1-12(27)21-9-10-22-17(28)13-5-4-6-14(11-13)23-19-25-26-18(29)15-7-2-3-8-16(15)24-20(26)30-19/h2-8,11H,9-10H2,1H3,(H,21,27)(H,22,28)(H,23,25). The van der Waals surface area contributed by atoms with Crippen LogP contribution in [0, 0.1) is 0 Å². The predicted octanol–water partition coefficient (Wildman–Crippen LogP) is 1.91. The van der Waals surface area contributed by atoms with E-state index in [-0.39, 0.29) is 17.4 Å². The number of rotatable bonds is 6. The zero-order chi connectivity index (χ0) is 21.1. The third kappa shape index (κ3) is 4.13. The number of carbonyl (C=O) groups is 2. The van der Waals surface area contributed by atoms with Crippen LogP contribution in [0.25, 0.3) is 15.9 Å². The minimum Gasteiger partial charge on any atom is -0.355 e. The molecule has 0 fully saturated rings. The first-order chi connectivity index (χ1) is 14.5. The summed E-state index contributed by atoms with van der Waals surface area (Å²) in [6.45, 7) is 2.11. The summed E-state index contributed by atoms with van der Waals surface area (Å²) in [5.41, 5.74) is 1.51. The molecule has 4 aromatic rings. The minimum absolute atomic E-state index is 0.146. The van der Waals surface area contributed by atoms with E-state index < -0.39 is 0 Å². The van der Waals surface area contributed by atoms with Gasteiger partial charge in [0, 0.05) is 31.3 Å². The monoisotopic (exact) mass is 422 g/mol. The fraction of sp³-hybridized carbons (Fsp3) is 0.150. The Bertz CT molecular complexity index is 1310. The third-order valence-corrected chi connectivity index (χ3v) is 5.09. The third-order valence-electron chi connectivity index (χ3n) is 4.26. The fourth-order valence-electron chi connectivity index (χ4n) is 2.88. The molecule has 10 heteroatoms. The summed E-state index contributed by atoms with van der Waals surface area (Å²) in [5, 5.41) is 13.8. The molecule has 0 unspecified atom stereocenters. The molecule has 9 nitrogen and oxygen atoms in total. The number of amides is 2. The van der Waals surface area contributed by atoms with E-state index in [2.05, 4.69) is 26.0 Å². The number of hydrogen-bond acceptors (Lipinski definition) is 7. The first-order valence-corrected chi connectivity index (χ1v) is 10.0. The van der Waals surface area contributed by atoms with Crippen LogP contribution in [-0.2, 0) is 4.79 Å². The SMILES string of the molecule is CC(=O)NCCNC(=O)c1cccc(Nc2nn3c(=O)c4ccccc4nc3s2)c1. The van der Waals surface area contributed by atoms with E-state index in [9.17, 15) is 14.4 Å². The van der Waals surface area contributed by atoms with Crippen LogP contribution >= 0.6 is 11.3 Å². The second-order valence-electron chi connectivity index (χ2n) is 6.48. The summed E-state index contributed by atoms with van der Waals surface area (Å²) < 4.78 is 1.27. The lowest BCUT2D eigenvalue weighted by atomic mass is 10.2. The van der Waals surface area contributed by atoms with Gasteiger partial charge in [0.25, 0.3) is 11.5 Å². The molecule has 0 bridgehead atoms. The lowest BCUT2D eigenvalue weighted by Crippen LogP contribution is -2.33. The van der Waals surface area contributed by atoms with E-state index in [4.69, 9.17) is 0 Å². The Morgan fingerprint density at radius 2 is 1.87 bits per heavy atom. The molecule has 0 saturated carbocycles. The second kappa shape index (κ2) is 8.29. The van der Waals surface area contributed by atoms with E-state index in [0.29, 0.717) is 45.3 Å². The molecular formula is C20H18N6O3S. The van der Waals surface area contributed by atoms with Crippen molar-refractivity contribution in [3.63, 3.8) is 0 Å². The molecule has 2 amide bonds. The Labute approximate surface area is 174 Å². The molecule has 4 rings (SSSR count). The average Bonchev–Trinajstić information content (AvgIpc) is 3.14. The maximum absolute atomic E-state index is 12.6. The molecule has 2 heterocycles. The lowest BCUT2D eigenvalue weighted by molar-refractivity contribution is -0.118. The molecule has 3 N–H and O–H groups in total. The number of nitrogens with zero attached hydrogens (tertiary/aromatic N) is 3. The fourth-order valence-corrected chi connectivity index (χ4v) is 3.70. The maximum Gasteiger partial charge on any atom is 0.283 e. The van der Waals surface area contributed by atoms with Crippen LogP contribution in [0.2, 0.25) is 0 Å². The Balaban J connectivity index is 1.52. The number of benzene rings is 2. The van der Waals surface area contributed by atoms with Crippen molar-refractivity contribution in [3.05, 3.63) is 64.4 Å². The summed E-state index contributed by atoms with van der Waals surface area (Å²) >= 11 is 1.24. The number of nitrogens with one attached hydrogen (secondary N) is 3. The first kappa shape index (κ1) is 19.5. The van der Waals surface area contributed by atoms with Crippen molar-refractivity contribution in [2.45, 2.75) is 6.92 Å². The molecule has 2 aromatic carbocycles. The highest BCUT2D eigenvalue weighted by atomic mass is 32.1. The zero-order valence-corrected chi connectivity index (χ0v) is 16.8. The molecule has 0 radical (unpaired) electrons. The van der Waals surface area contributed by atoms with Crippen molar-refractivity contribution in [2.24, 2.45) is 0 Å². The van der Waals surface area contributed by atoms with E-state index in [1.54, 1.807) is 42.5 Å². The molecular weight excluding hydrogens is 404 g/mol. The van der Waals surface area contributed by atoms with Crippen molar-refractivity contribution < 1.29 is 9.59 Å². The summed E-state index contributed by atoms with van der Waals surface area (Å²) in [4.78, 5) is 40.8. The molecule has 2 aromatic heterocycles. The largest absolute Gasteiger partial charge is 0.355 e. The van der Waals surface area contributed by atoms with Gasteiger partial charge < -0.3 is 16.0 Å². The van der Waals surface area contributed by atoms with Gasteiger partial charge in [-0.3, -0.25) is 14.4 Å². The molecule has 30 heavy (non-hydrogen) atoms. The molecule has 0 aliphatic heterocycles. The van der Waals surface area contributed by atoms with Crippen LogP contribution in [0.5, 0.6) is 0 Å². The van der Waals surface area contributed by atoms with Crippen LogP contribution in [-0.4, -0.2) is 39.5 Å². The Hall–Kier alpha value is -3.79. The van der Waals surface area contributed by atoms with Crippen LogP contribution in [0.4, 0.5) is 10.8 Å². The summed E-state index contributed by atoms with van der Waals surface area (Å²) in [7, 11) is 0. The van der Waals surface area contributed by atoms with Crippen molar-refractivity contribution >= 4 is 49.8 Å².